The van der Waals surface area contributed by atoms with Crippen molar-refractivity contribution in [3.05, 3.63) is 0 Å². The van der Waals surface area contributed by atoms with Gasteiger partial charge in [-0.2, -0.15) is 0 Å². The maximum atomic E-state index is 8.74. The van der Waals surface area contributed by atoms with E-state index in [0.717, 1.165) is 0 Å². The van der Waals surface area contributed by atoms with Gasteiger partial charge in [0.2, 0.25) is 0 Å². The highest BCUT2D eigenvalue weighted by Gasteiger charge is 1.61. The lowest BCUT2D eigenvalue weighted by molar-refractivity contribution is 0.405. The van der Waals surface area contributed by atoms with E-state index < -0.39 is 16.9 Å². The molecule has 0 aromatic heterocycles. The van der Waals surface area contributed by atoms with Crippen LogP contribution in [-0.2, 0) is 9.13 Å². The first-order chi connectivity index (χ1) is 3.15. The monoisotopic (exact) mass is 146 g/mol. The summed E-state index contributed by atoms with van der Waals surface area (Å²) in [6.45, 7) is 0. The van der Waals surface area contributed by atoms with Crippen LogP contribution in [0.5, 0.6) is 0 Å². The summed E-state index contributed by atoms with van der Waals surface area (Å²) < 4.78 is 17.2. The molecule has 0 saturated heterocycles. The van der Waals surface area contributed by atoms with Gasteiger partial charge in [0, 0.05) is 0 Å². The van der Waals surface area contributed by atoms with Gasteiger partial charge >= 0.3 is 16.9 Å². The highest BCUT2D eigenvalue weighted by molar-refractivity contribution is 7.30. The fraction of sp³-hybridized carbons (Fsp3) is 0. The molecule has 7 heteroatoms. The molecule has 0 unspecified atom stereocenters. The first kappa shape index (κ1) is 10.2. The molecule has 5 nitrogen and oxygen atoms in total. The molecular formula is H4O5P2. The molecular weight excluding hydrogens is 142 g/mol. The van der Waals surface area contributed by atoms with Crippen molar-refractivity contribution in [1.29, 1.82) is 0 Å². The largest absolute Gasteiger partial charge is 0.326 e. The maximum absolute atomic E-state index is 8.74. The van der Waals surface area contributed by atoms with Crippen molar-refractivity contribution in [2.24, 2.45) is 0 Å². The Morgan fingerprint density at radius 1 is 1.43 bits per heavy atom. The predicted molar refractivity (Wildman–Crippen MR) is 23.3 cm³/mol. The van der Waals surface area contributed by atoms with Crippen LogP contribution in [0.15, 0.2) is 0 Å². The van der Waals surface area contributed by atoms with Crippen molar-refractivity contribution in [2.75, 3.05) is 0 Å². The fourth-order valence-corrected chi connectivity index (χ4v) is 0. The van der Waals surface area contributed by atoms with Crippen molar-refractivity contribution in [2.45, 2.75) is 0 Å². The van der Waals surface area contributed by atoms with Gasteiger partial charge in [-0.05, 0) is 0 Å². The zero-order chi connectivity index (χ0) is 6.28. The van der Waals surface area contributed by atoms with Crippen LogP contribution >= 0.6 is 16.9 Å². The standard InChI is InChI=1S/H3O3P.HO2P/c1-4(2)3;1-3-2/h4H,(H2,1,2,3);(H,1,2). The zero-order valence-corrected chi connectivity index (χ0v) is 5.00. The lowest BCUT2D eigenvalue weighted by Crippen LogP contribution is -1.38. The summed E-state index contributed by atoms with van der Waals surface area (Å²) in [4.78, 5) is 21.3. The first-order valence-corrected chi connectivity index (χ1v) is 3.10. The molecule has 7 heavy (non-hydrogen) atoms. The SMILES string of the molecule is O=PO.O=[PH](O)O. The van der Waals surface area contributed by atoms with Gasteiger partial charge in [-0.3, -0.25) is 4.57 Å². The van der Waals surface area contributed by atoms with Crippen molar-refractivity contribution in [3.8, 4) is 0 Å². The van der Waals surface area contributed by atoms with Crippen LogP contribution < -0.4 is 0 Å². The van der Waals surface area contributed by atoms with E-state index in [0.29, 0.717) is 0 Å². The quantitative estimate of drug-likeness (QED) is 0.402. The molecule has 0 saturated carbocycles. The van der Waals surface area contributed by atoms with Gasteiger partial charge in [0.25, 0.3) is 0 Å². The lowest BCUT2D eigenvalue weighted by atomic mass is 15.8. The van der Waals surface area contributed by atoms with Crippen LogP contribution in [0.25, 0.3) is 0 Å². The minimum atomic E-state index is -3.13. The summed E-state index contributed by atoms with van der Waals surface area (Å²) in [6.07, 6.45) is 0. The molecule has 0 heterocycles. The molecule has 3 N–H and O–H groups in total. The summed E-state index contributed by atoms with van der Waals surface area (Å²) in [5.41, 5.74) is 0. The first-order valence-electron chi connectivity index (χ1n) is 1.03. The van der Waals surface area contributed by atoms with Crippen molar-refractivity contribution in [3.63, 3.8) is 0 Å². The van der Waals surface area contributed by atoms with Gasteiger partial charge in [0.1, 0.15) is 0 Å². The van der Waals surface area contributed by atoms with E-state index in [1.807, 2.05) is 0 Å². The van der Waals surface area contributed by atoms with E-state index in [1.165, 1.54) is 0 Å². The topological polar surface area (TPSA) is 94.8 Å². The molecule has 0 radical (unpaired) electrons. The van der Waals surface area contributed by atoms with E-state index in [2.05, 4.69) is 0 Å². The van der Waals surface area contributed by atoms with Crippen molar-refractivity contribution >= 4 is 16.9 Å². The Hall–Kier alpha value is 0.210. The summed E-state index contributed by atoms with van der Waals surface area (Å²) in [5.74, 6) is 0. The van der Waals surface area contributed by atoms with Gasteiger partial charge in [0.15, 0.2) is 0 Å². The Balaban J connectivity index is 0. The molecule has 0 fully saturated rings. The van der Waals surface area contributed by atoms with E-state index >= 15 is 0 Å². The van der Waals surface area contributed by atoms with Crippen LogP contribution in [0.3, 0.4) is 0 Å². The fourth-order valence-electron chi connectivity index (χ4n) is 0. The molecule has 0 aliphatic heterocycles. The third kappa shape index (κ3) is 2500. The lowest BCUT2D eigenvalue weighted by Gasteiger charge is -1.61. The molecule has 0 rings (SSSR count). The number of rotatable bonds is 0. The van der Waals surface area contributed by atoms with Crippen molar-refractivity contribution < 1.29 is 23.8 Å². The predicted octanol–water partition coefficient (Wildman–Crippen LogP) is -0.454. The Labute approximate surface area is 41.8 Å². The Kier molecular flexibility index (Phi) is 13.9. The normalized spacial score (nSPS) is 8.00. The van der Waals surface area contributed by atoms with Gasteiger partial charge in [-0.15, -0.1) is 0 Å². The van der Waals surface area contributed by atoms with Gasteiger partial charge in [-0.25, -0.2) is 4.57 Å². The van der Waals surface area contributed by atoms with E-state index in [4.69, 9.17) is 23.8 Å². The Bertz CT molecular complexity index is 53.1. The van der Waals surface area contributed by atoms with Crippen LogP contribution in [0, 0.1) is 0 Å². The molecule has 0 aliphatic carbocycles. The molecule has 0 spiro atoms. The summed E-state index contributed by atoms with van der Waals surface area (Å²) in [5, 5.41) is 0. The van der Waals surface area contributed by atoms with Crippen LogP contribution in [0.2, 0.25) is 0 Å². The summed E-state index contributed by atoms with van der Waals surface area (Å²) in [6, 6.07) is 0. The molecule has 0 aromatic rings. The average Bonchev–Trinajstić information content (AvgIpc) is 1.33. The second kappa shape index (κ2) is 9.51. The maximum Gasteiger partial charge on any atom is 0.324 e. The molecule has 0 aliphatic rings. The molecule has 0 aromatic carbocycles. The molecule has 0 atom stereocenters. The van der Waals surface area contributed by atoms with E-state index in [9.17, 15) is 0 Å². The highest BCUT2D eigenvalue weighted by Crippen LogP contribution is 1.98. The Morgan fingerprint density at radius 3 is 1.43 bits per heavy atom. The van der Waals surface area contributed by atoms with Gasteiger partial charge in [-0.1, -0.05) is 0 Å². The highest BCUT2D eigenvalue weighted by atomic mass is 31.1. The third-order valence-electron chi connectivity index (χ3n) is 0. The Morgan fingerprint density at radius 2 is 1.43 bits per heavy atom. The third-order valence-corrected chi connectivity index (χ3v) is 0. The second-order valence-corrected chi connectivity index (χ2v) is 1.09. The smallest absolute Gasteiger partial charge is 0.324 e. The minimum Gasteiger partial charge on any atom is -0.326 e. The molecule has 0 amide bonds. The van der Waals surface area contributed by atoms with Crippen LogP contribution in [-0.4, -0.2) is 14.7 Å². The molecule has 0 bridgehead atoms. The zero-order valence-electron chi connectivity index (χ0n) is 3.11. The van der Waals surface area contributed by atoms with Gasteiger partial charge in [0.05, 0.1) is 0 Å². The second-order valence-electron chi connectivity index (χ2n) is 0.364. The van der Waals surface area contributed by atoms with E-state index in [-0.39, 0.29) is 0 Å². The average molecular weight is 146 g/mol. The van der Waals surface area contributed by atoms with Crippen LogP contribution in [0.4, 0.5) is 0 Å². The van der Waals surface area contributed by atoms with E-state index in [1.54, 1.807) is 0 Å². The number of hydrogen-bond donors (Lipinski definition) is 3. The minimum absolute atomic E-state index is 0.833. The summed E-state index contributed by atoms with van der Waals surface area (Å²) >= 11 is 0. The van der Waals surface area contributed by atoms with Crippen molar-refractivity contribution in [1.82, 2.24) is 0 Å². The van der Waals surface area contributed by atoms with Gasteiger partial charge < -0.3 is 14.7 Å². The molecule has 44 valence electrons. The summed E-state index contributed by atoms with van der Waals surface area (Å²) in [7, 11) is -3.96. The number of hydrogen-bond acceptors (Lipinski definition) is 2. The van der Waals surface area contributed by atoms with Crippen LogP contribution in [0.1, 0.15) is 0 Å².